The van der Waals surface area contributed by atoms with Gasteiger partial charge in [-0.2, -0.15) is 5.10 Å². The van der Waals surface area contributed by atoms with Gasteiger partial charge >= 0.3 is 0 Å². The van der Waals surface area contributed by atoms with Crippen LogP contribution < -0.4 is 0 Å². The third-order valence-corrected chi connectivity index (χ3v) is 6.04. The quantitative estimate of drug-likeness (QED) is 0.852. The number of hydrogen-bond acceptors (Lipinski definition) is 3. The van der Waals surface area contributed by atoms with Crippen LogP contribution in [0.4, 0.5) is 0 Å². The Morgan fingerprint density at radius 2 is 2.04 bits per heavy atom. The van der Waals surface area contributed by atoms with Crippen molar-refractivity contribution in [3.8, 4) is 5.75 Å². The van der Waals surface area contributed by atoms with Gasteiger partial charge in [-0.3, -0.25) is 9.89 Å². The van der Waals surface area contributed by atoms with E-state index in [0.717, 1.165) is 18.4 Å². The van der Waals surface area contributed by atoms with E-state index < -0.39 is 0 Å². The SMILES string of the molecule is O=C1C[C@H](c2cn[nH]c2)C[C@@H]2CC(c3c(O)ccc(Cl)c3Cl)CN12. The number of aromatic amines is 1. The van der Waals surface area contributed by atoms with Gasteiger partial charge < -0.3 is 10.0 Å². The van der Waals surface area contributed by atoms with Gasteiger partial charge in [-0.05, 0) is 36.5 Å². The number of H-pyrrole nitrogens is 1. The topological polar surface area (TPSA) is 69.2 Å². The molecule has 1 aromatic carbocycles. The molecule has 4 rings (SSSR count). The molecule has 1 unspecified atom stereocenters. The Morgan fingerprint density at radius 1 is 1.25 bits per heavy atom. The molecule has 1 amide bonds. The fourth-order valence-electron chi connectivity index (χ4n) is 4.08. The van der Waals surface area contributed by atoms with Crippen molar-refractivity contribution in [1.82, 2.24) is 15.1 Å². The molecule has 0 radical (unpaired) electrons. The van der Waals surface area contributed by atoms with E-state index in [2.05, 4.69) is 10.2 Å². The number of aromatic nitrogens is 2. The standard InChI is InChI=1S/C17H17Cl2N3O2/c18-13-1-2-14(23)16(17(13)19)10-4-12-3-9(11-6-20-21-7-11)5-15(24)22(12)8-10/h1-2,6-7,9-10,12,23H,3-5,8H2,(H,20,21)/t9-,10?,12-/m1/s1. The van der Waals surface area contributed by atoms with E-state index in [1.807, 2.05) is 11.1 Å². The van der Waals surface area contributed by atoms with E-state index in [0.29, 0.717) is 28.6 Å². The first kappa shape index (κ1) is 15.8. The van der Waals surface area contributed by atoms with Crippen LogP contribution in [0.15, 0.2) is 24.5 Å². The van der Waals surface area contributed by atoms with Gasteiger partial charge in [0.1, 0.15) is 5.75 Å². The van der Waals surface area contributed by atoms with Crippen molar-refractivity contribution in [2.45, 2.75) is 37.1 Å². The number of carbonyl (C=O) groups is 1. The van der Waals surface area contributed by atoms with Crippen LogP contribution in [-0.2, 0) is 4.79 Å². The predicted octanol–water partition coefficient (Wildman–Crippen LogP) is 3.68. The highest BCUT2D eigenvalue weighted by Crippen LogP contribution is 2.46. The molecule has 5 nitrogen and oxygen atoms in total. The molecule has 2 aliphatic heterocycles. The molecule has 2 N–H and O–H groups in total. The lowest BCUT2D eigenvalue weighted by Crippen LogP contribution is -2.41. The van der Waals surface area contributed by atoms with Crippen LogP contribution in [0.2, 0.25) is 10.0 Å². The number of aromatic hydroxyl groups is 1. The van der Waals surface area contributed by atoms with Gasteiger partial charge in [0.2, 0.25) is 5.91 Å². The van der Waals surface area contributed by atoms with Gasteiger partial charge in [0.25, 0.3) is 0 Å². The number of hydrogen-bond donors (Lipinski definition) is 2. The largest absolute Gasteiger partial charge is 0.508 e. The van der Waals surface area contributed by atoms with Gasteiger partial charge in [0, 0.05) is 36.7 Å². The van der Waals surface area contributed by atoms with Crippen molar-refractivity contribution < 1.29 is 9.90 Å². The van der Waals surface area contributed by atoms with E-state index >= 15 is 0 Å². The third-order valence-electron chi connectivity index (χ3n) is 5.22. The summed E-state index contributed by atoms with van der Waals surface area (Å²) in [4.78, 5) is 14.5. The predicted molar refractivity (Wildman–Crippen MR) is 91.5 cm³/mol. The summed E-state index contributed by atoms with van der Waals surface area (Å²) in [5.41, 5.74) is 1.74. The zero-order chi connectivity index (χ0) is 16.8. The van der Waals surface area contributed by atoms with Gasteiger partial charge in [-0.15, -0.1) is 0 Å². The molecule has 0 spiro atoms. The molecule has 0 bridgehead atoms. The van der Waals surface area contributed by atoms with E-state index in [1.165, 1.54) is 0 Å². The van der Waals surface area contributed by atoms with Crippen LogP contribution in [0.3, 0.4) is 0 Å². The molecule has 0 saturated carbocycles. The third kappa shape index (κ3) is 2.56. The molecule has 2 saturated heterocycles. The smallest absolute Gasteiger partial charge is 0.223 e. The minimum absolute atomic E-state index is 0.00764. The van der Waals surface area contributed by atoms with Crippen molar-refractivity contribution in [2.24, 2.45) is 0 Å². The summed E-state index contributed by atoms with van der Waals surface area (Å²) < 4.78 is 0. The first-order valence-corrected chi connectivity index (χ1v) is 8.75. The maximum absolute atomic E-state index is 12.6. The highest BCUT2D eigenvalue weighted by Gasteiger charge is 2.43. The average Bonchev–Trinajstić information content (AvgIpc) is 3.20. The van der Waals surface area contributed by atoms with Crippen LogP contribution in [0.25, 0.3) is 0 Å². The second-order valence-electron chi connectivity index (χ2n) is 6.60. The number of benzene rings is 1. The summed E-state index contributed by atoms with van der Waals surface area (Å²) in [6.45, 7) is 0.579. The molecule has 2 aromatic rings. The van der Waals surface area contributed by atoms with Crippen molar-refractivity contribution in [3.63, 3.8) is 0 Å². The van der Waals surface area contributed by atoms with Gasteiger partial charge in [0.05, 0.1) is 16.2 Å². The molecular weight excluding hydrogens is 349 g/mol. The lowest BCUT2D eigenvalue weighted by atomic mass is 9.85. The first-order chi connectivity index (χ1) is 11.5. The molecule has 2 fully saturated rings. The molecule has 2 aliphatic rings. The monoisotopic (exact) mass is 365 g/mol. The Balaban J connectivity index is 1.60. The Morgan fingerprint density at radius 3 is 2.79 bits per heavy atom. The number of fused-ring (bicyclic) bond motifs is 1. The number of amides is 1. The minimum Gasteiger partial charge on any atom is -0.508 e. The second-order valence-corrected chi connectivity index (χ2v) is 7.38. The Labute approximate surface area is 149 Å². The van der Waals surface area contributed by atoms with Crippen LogP contribution >= 0.6 is 23.2 Å². The first-order valence-electron chi connectivity index (χ1n) is 7.99. The molecule has 1 aromatic heterocycles. The summed E-state index contributed by atoms with van der Waals surface area (Å²) in [7, 11) is 0. The number of phenolic OH excluding ortho intramolecular Hbond substituents is 1. The summed E-state index contributed by atoms with van der Waals surface area (Å²) in [6.07, 6.45) is 5.84. The van der Waals surface area contributed by atoms with Crippen molar-refractivity contribution in [3.05, 3.63) is 45.7 Å². The zero-order valence-corrected chi connectivity index (χ0v) is 14.4. The van der Waals surface area contributed by atoms with Crippen molar-refractivity contribution >= 4 is 29.1 Å². The molecule has 24 heavy (non-hydrogen) atoms. The number of nitrogens with zero attached hydrogens (tertiary/aromatic N) is 2. The fourth-order valence-corrected chi connectivity index (χ4v) is 4.56. The molecular formula is C17H17Cl2N3O2. The van der Waals surface area contributed by atoms with Gasteiger partial charge in [-0.25, -0.2) is 0 Å². The normalized spacial score (nSPS) is 26.7. The number of piperidine rings is 1. The Hall–Kier alpha value is -1.72. The summed E-state index contributed by atoms with van der Waals surface area (Å²) >= 11 is 12.4. The zero-order valence-electron chi connectivity index (χ0n) is 12.9. The van der Waals surface area contributed by atoms with Crippen LogP contribution in [-0.4, -0.2) is 38.7 Å². The van der Waals surface area contributed by atoms with Crippen LogP contribution in [0.1, 0.15) is 42.2 Å². The van der Waals surface area contributed by atoms with Crippen molar-refractivity contribution in [1.29, 1.82) is 0 Å². The molecule has 3 heterocycles. The fraction of sp³-hybridized carbons (Fsp3) is 0.412. The van der Waals surface area contributed by atoms with Crippen molar-refractivity contribution in [2.75, 3.05) is 6.54 Å². The highest BCUT2D eigenvalue weighted by atomic mass is 35.5. The van der Waals surface area contributed by atoms with E-state index in [-0.39, 0.29) is 29.5 Å². The summed E-state index contributed by atoms with van der Waals surface area (Å²) in [5.74, 6) is 0.499. The van der Waals surface area contributed by atoms with Gasteiger partial charge in [0.15, 0.2) is 0 Å². The lowest BCUT2D eigenvalue weighted by molar-refractivity contribution is -0.135. The van der Waals surface area contributed by atoms with Crippen LogP contribution in [0.5, 0.6) is 5.75 Å². The van der Waals surface area contributed by atoms with E-state index in [9.17, 15) is 9.90 Å². The molecule has 0 aliphatic carbocycles. The van der Waals surface area contributed by atoms with Crippen LogP contribution in [0, 0.1) is 0 Å². The molecule has 3 atom stereocenters. The second kappa shape index (κ2) is 5.97. The molecule has 126 valence electrons. The van der Waals surface area contributed by atoms with Gasteiger partial charge in [-0.1, -0.05) is 23.2 Å². The number of nitrogens with one attached hydrogen (secondary N) is 1. The number of rotatable bonds is 2. The molecule has 7 heteroatoms. The summed E-state index contributed by atoms with van der Waals surface area (Å²) in [5, 5.41) is 17.8. The average molecular weight is 366 g/mol. The lowest BCUT2D eigenvalue weighted by Gasteiger charge is -2.34. The number of halogens is 2. The Bertz CT molecular complexity index is 778. The number of carbonyl (C=O) groups excluding carboxylic acids is 1. The maximum Gasteiger partial charge on any atom is 0.223 e. The van der Waals surface area contributed by atoms with E-state index in [1.54, 1.807) is 18.3 Å². The van der Waals surface area contributed by atoms with E-state index in [4.69, 9.17) is 23.2 Å². The maximum atomic E-state index is 12.6. The summed E-state index contributed by atoms with van der Waals surface area (Å²) in [6, 6.07) is 3.31. The highest BCUT2D eigenvalue weighted by molar-refractivity contribution is 6.42. The Kier molecular flexibility index (Phi) is 3.93. The number of phenols is 1. The minimum atomic E-state index is 0.00764.